The van der Waals surface area contributed by atoms with Crippen molar-refractivity contribution in [2.24, 2.45) is 17.3 Å². The summed E-state index contributed by atoms with van der Waals surface area (Å²) in [4.78, 5) is 11.0. The fourth-order valence-electron chi connectivity index (χ4n) is 5.77. The largest absolute Gasteiger partial charge is 0.496 e. The standard InChI is InChI=1S/C26H25N7O3/c1-15-24(33(34)35)16(2)32(31-15)12-18-10-17(8-9-22(18)36-3)23-20-7-5-4-6-19(20)21(11-27)25(30)26(23,13-28)14-29/h6,8-10,20-21,23,30H,4-5,7,12H2,1-3H3/t20-,21+,23-/m1/s1. The molecule has 0 aliphatic heterocycles. The first kappa shape index (κ1) is 24.6. The van der Waals surface area contributed by atoms with Gasteiger partial charge in [0.1, 0.15) is 23.1 Å². The van der Waals surface area contributed by atoms with Crippen molar-refractivity contribution in [2.45, 2.75) is 45.6 Å². The number of benzene rings is 1. The van der Waals surface area contributed by atoms with Crippen LogP contribution in [0.5, 0.6) is 5.75 Å². The van der Waals surface area contributed by atoms with E-state index in [1.54, 1.807) is 26.0 Å². The van der Waals surface area contributed by atoms with E-state index in [4.69, 9.17) is 10.1 Å². The second-order valence-corrected chi connectivity index (χ2v) is 9.23. The number of rotatable bonds is 5. The van der Waals surface area contributed by atoms with E-state index >= 15 is 0 Å². The van der Waals surface area contributed by atoms with Crippen LogP contribution in [0.1, 0.15) is 47.7 Å². The number of nitro groups is 1. The van der Waals surface area contributed by atoms with E-state index in [9.17, 15) is 25.9 Å². The topological polar surface area (TPSA) is 165 Å². The minimum atomic E-state index is -1.79. The molecular formula is C26H25N7O3. The molecule has 2 aromatic rings. The van der Waals surface area contributed by atoms with Gasteiger partial charge in [0.25, 0.3) is 0 Å². The summed E-state index contributed by atoms with van der Waals surface area (Å²) in [5.74, 6) is -1.23. The summed E-state index contributed by atoms with van der Waals surface area (Å²) in [6, 6.07) is 11.7. The van der Waals surface area contributed by atoms with Gasteiger partial charge in [-0.2, -0.15) is 20.9 Å². The predicted molar refractivity (Wildman–Crippen MR) is 129 cm³/mol. The highest BCUT2D eigenvalue weighted by Crippen LogP contribution is 2.55. The summed E-state index contributed by atoms with van der Waals surface area (Å²) in [6.45, 7) is 3.40. The van der Waals surface area contributed by atoms with Gasteiger partial charge in [-0.3, -0.25) is 14.8 Å². The zero-order valence-electron chi connectivity index (χ0n) is 20.3. The maximum Gasteiger partial charge on any atom is 0.312 e. The number of ether oxygens (including phenoxy) is 1. The van der Waals surface area contributed by atoms with E-state index in [1.807, 2.05) is 12.1 Å². The maximum atomic E-state index is 11.5. The van der Waals surface area contributed by atoms with Crippen LogP contribution in [0.2, 0.25) is 0 Å². The number of nitriles is 3. The summed E-state index contributed by atoms with van der Waals surface area (Å²) >= 11 is 0. The zero-order valence-corrected chi connectivity index (χ0v) is 20.3. The Morgan fingerprint density at radius 3 is 2.61 bits per heavy atom. The first-order valence-corrected chi connectivity index (χ1v) is 11.6. The number of allylic oxidation sites excluding steroid dienone is 2. The molecule has 0 saturated heterocycles. The van der Waals surface area contributed by atoms with Gasteiger partial charge in [-0.15, -0.1) is 0 Å². The molecule has 2 aliphatic carbocycles. The highest BCUT2D eigenvalue weighted by atomic mass is 16.6. The number of nitrogens with one attached hydrogen (secondary N) is 1. The third-order valence-corrected chi connectivity index (χ3v) is 7.43. The highest BCUT2D eigenvalue weighted by molar-refractivity contribution is 6.00. The van der Waals surface area contributed by atoms with E-state index < -0.39 is 22.2 Å². The molecule has 1 fully saturated rings. The van der Waals surface area contributed by atoms with Crippen molar-refractivity contribution in [3.8, 4) is 24.0 Å². The Morgan fingerprint density at radius 1 is 1.31 bits per heavy atom. The van der Waals surface area contributed by atoms with Gasteiger partial charge >= 0.3 is 5.69 Å². The van der Waals surface area contributed by atoms with E-state index in [1.165, 1.54) is 11.8 Å². The lowest BCUT2D eigenvalue weighted by atomic mass is 9.53. The van der Waals surface area contributed by atoms with Crippen LogP contribution in [-0.4, -0.2) is 27.5 Å². The quantitative estimate of drug-likeness (QED) is 0.372. The number of aryl methyl sites for hydroxylation is 1. The number of aromatic nitrogens is 2. The Kier molecular flexibility index (Phi) is 6.35. The van der Waals surface area contributed by atoms with Gasteiger partial charge in [-0.25, -0.2) is 0 Å². The Balaban J connectivity index is 1.87. The van der Waals surface area contributed by atoms with Gasteiger partial charge in [0.05, 0.1) is 42.5 Å². The van der Waals surface area contributed by atoms with Gasteiger partial charge in [0.2, 0.25) is 0 Å². The van der Waals surface area contributed by atoms with Crippen molar-refractivity contribution in [3.63, 3.8) is 0 Å². The van der Waals surface area contributed by atoms with E-state index in [-0.39, 0.29) is 23.9 Å². The molecule has 2 aliphatic rings. The molecule has 1 saturated carbocycles. The molecule has 10 heteroatoms. The average Bonchev–Trinajstić information content (AvgIpc) is 3.15. The lowest BCUT2D eigenvalue weighted by Gasteiger charge is -2.45. The first-order valence-electron chi connectivity index (χ1n) is 11.6. The molecule has 0 unspecified atom stereocenters. The Bertz CT molecular complexity index is 1400. The van der Waals surface area contributed by atoms with Crippen LogP contribution in [0.25, 0.3) is 0 Å². The van der Waals surface area contributed by atoms with Crippen molar-refractivity contribution in [2.75, 3.05) is 7.11 Å². The van der Waals surface area contributed by atoms with Crippen LogP contribution in [0, 0.1) is 80.6 Å². The van der Waals surface area contributed by atoms with Gasteiger partial charge in [-0.05, 0) is 62.3 Å². The molecule has 0 spiro atoms. The Morgan fingerprint density at radius 2 is 2.03 bits per heavy atom. The Labute approximate surface area is 208 Å². The van der Waals surface area contributed by atoms with Crippen molar-refractivity contribution in [1.82, 2.24) is 9.78 Å². The average molecular weight is 484 g/mol. The molecule has 0 bridgehead atoms. The molecule has 1 heterocycles. The van der Waals surface area contributed by atoms with Crippen molar-refractivity contribution in [3.05, 3.63) is 62.5 Å². The lowest BCUT2D eigenvalue weighted by molar-refractivity contribution is -0.386. The number of hydrogen-bond donors (Lipinski definition) is 1. The third kappa shape index (κ3) is 3.61. The summed E-state index contributed by atoms with van der Waals surface area (Å²) in [5.41, 5.74) is 0.867. The summed E-state index contributed by atoms with van der Waals surface area (Å²) in [5, 5.41) is 54.8. The number of methoxy groups -OCH3 is 1. The summed E-state index contributed by atoms with van der Waals surface area (Å²) in [7, 11) is 1.52. The number of nitrogens with zero attached hydrogens (tertiary/aromatic N) is 6. The molecule has 3 atom stereocenters. The minimum Gasteiger partial charge on any atom is -0.496 e. The van der Waals surface area contributed by atoms with Gasteiger partial charge in [-0.1, -0.05) is 12.1 Å². The lowest BCUT2D eigenvalue weighted by Crippen LogP contribution is -2.48. The summed E-state index contributed by atoms with van der Waals surface area (Å²) < 4.78 is 7.09. The smallest absolute Gasteiger partial charge is 0.312 e. The van der Waals surface area contributed by atoms with Crippen molar-refractivity contribution >= 4 is 11.4 Å². The van der Waals surface area contributed by atoms with E-state index in [2.05, 4.69) is 23.3 Å². The number of fused-ring (bicyclic) bond motifs is 1. The van der Waals surface area contributed by atoms with Crippen LogP contribution in [-0.2, 0) is 6.54 Å². The number of hydrogen-bond acceptors (Lipinski definition) is 8. The van der Waals surface area contributed by atoms with Gasteiger partial charge < -0.3 is 10.1 Å². The van der Waals surface area contributed by atoms with Gasteiger partial charge in [0.15, 0.2) is 5.41 Å². The van der Waals surface area contributed by atoms with Gasteiger partial charge in [0, 0.05) is 11.5 Å². The molecule has 36 heavy (non-hydrogen) atoms. The van der Waals surface area contributed by atoms with E-state index in [0.717, 1.165) is 18.4 Å². The fourth-order valence-corrected chi connectivity index (χ4v) is 5.77. The zero-order chi connectivity index (χ0) is 26.2. The maximum absolute atomic E-state index is 11.5. The molecule has 182 valence electrons. The molecule has 0 amide bonds. The molecule has 4 rings (SSSR count). The molecule has 1 aromatic heterocycles. The predicted octanol–water partition coefficient (Wildman–Crippen LogP) is 4.48. The van der Waals surface area contributed by atoms with Crippen LogP contribution in [0.15, 0.2) is 29.8 Å². The Hall–Kier alpha value is -4.49. The fraction of sp³-hybridized carbons (Fsp3) is 0.423. The SMILES string of the molecule is COc1ccc([C@@H]2[C@@H]3CCCC=C3[C@H](C#N)C(=N)C2(C#N)C#N)cc1Cn1nc(C)c([N+](=O)[O-])c1C. The van der Waals surface area contributed by atoms with Crippen LogP contribution < -0.4 is 4.74 Å². The third-order valence-electron chi connectivity index (χ3n) is 7.43. The highest BCUT2D eigenvalue weighted by Gasteiger charge is 2.57. The molecule has 1 N–H and O–H groups in total. The van der Waals surface area contributed by atoms with Crippen LogP contribution >= 0.6 is 0 Å². The minimum absolute atomic E-state index is 0.0432. The van der Waals surface area contributed by atoms with Crippen molar-refractivity contribution < 1.29 is 9.66 Å². The molecule has 10 nitrogen and oxygen atoms in total. The second kappa shape index (κ2) is 9.28. The van der Waals surface area contributed by atoms with E-state index in [0.29, 0.717) is 34.7 Å². The van der Waals surface area contributed by atoms with Crippen LogP contribution in [0.3, 0.4) is 0 Å². The van der Waals surface area contributed by atoms with Crippen LogP contribution in [0.4, 0.5) is 5.69 Å². The molecule has 0 radical (unpaired) electrons. The molecule has 1 aromatic carbocycles. The normalized spacial score (nSPS) is 22.4. The first-order chi connectivity index (χ1) is 17.2. The second-order valence-electron chi connectivity index (χ2n) is 9.23. The van der Waals surface area contributed by atoms with Crippen molar-refractivity contribution in [1.29, 1.82) is 21.2 Å². The summed E-state index contributed by atoms with van der Waals surface area (Å²) in [6.07, 6.45) is 4.35. The molecular weight excluding hydrogens is 458 g/mol. The monoisotopic (exact) mass is 483 g/mol.